The third-order valence-electron chi connectivity index (χ3n) is 2.66. The molecule has 2 aromatic heterocycles. The molecule has 0 radical (unpaired) electrons. The van der Waals surface area contributed by atoms with Gasteiger partial charge in [0.05, 0.1) is 5.69 Å². The molecular weight excluding hydrogens is 218 g/mol. The quantitative estimate of drug-likeness (QED) is 0.788. The van der Waals surface area contributed by atoms with Gasteiger partial charge in [0.1, 0.15) is 11.6 Å². The summed E-state index contributed by atoms with van der Waals surface area (Å²) in [7, 11) is 1.80. The van der Waals surface area contributed by atoms with Gasteiger partial charge in [-0.2, -0.15) is 5.26 Å². The molecule has 0 spiro atoms. The van der Waals surface area contributed by atoms with E-state index < -0.39 is 0 Å². The van der Waals surface area contributed by atoms with Gasteiger partial charge in [-0.05, 0) is 13.5 Å². The van der Waals surface area contributed by atoms with Crippen molar-refractivity contribution in [2.45, 2.75) is 19.9 Å². The van der Waals surface area contributed by atoms with E-state index in [4.69, 9.17) is 5.26 Å². The normalized spacial score (nSPS) is 10.6. The molecule has 0 aliphatic heterocycles. The molecule has 0 fully saturated rings. The molecule has 0 saturated carbocycles. The highest BCUT2D eigenvalue weighted by atomic mass is 16.1. The molecule has 2 rings (SSSR count). The summed E-state index contributed by atoms with van der Waals surface area (Å²) in [6.07, 6.45) is 2.11. The largest absolute Gasteiger partial charge is 0.314 e. The Morgan fingerprint density at radius 2 is 2.41 bits per heavy atom. The van der Waals surface area contributed by atoms with Gasteiger partial charge in [-0.15, -0.1) is 0 Å². The molecule has 0 atom stereocenters. The number of aromatic amines is 1. The summed E-state index contributed by atoms with van der Waals surface area (Å²) in [5.74, 6) is 0. The van der Waals surface area contributed by atoms with Crippen LogP contribution in [-0.2, 0) is 13.0 Å². The maximum Gasteiger partial charge on any atom is 0.276 e. The predicted molar refractivity (Wildman–Crippen MR) is 62.7 cm³/mol. The smallest absolute Gasteiger partial charge is 0.276 e. The summed E-state index contributed by atoms with van der Waals surface area (Å²) in [4.78, 5) is 16.5. The van der Waals surface area contributed by atoms with E-state index in [9.17, 15) is 4.79 Å². The third kappa shape index (κ3) is 1.70. The maximum absolute atomic E-state index is 12.1. The minimum Gasteiger partial charge on any atom is -0.314 e. The fourth-order valence-corrected chi connectivity index (χ4v) is 1.85. The zero-order valence-electron chi connectivity index (χ0n) is 9.74. The highest BCUT2D eigenvalue weighted by molar-refractivity contribution is 5.54. The average molecular weight is 231 g/mol. The molecule has 2 heterocycles. The lowest BCUT2D eigenvalue weighted by atomic mass is 10.1. The predicted octanol–water partition coefficient (Wildman–Crippen LogP) is 0.176. The van der Waals surface area contributed by atoms with E-state index in [1.807, 2.05) is 13.0 Å². The van der Waals surface area contributed by atoms with Crippen LogP contribution in [0, 0.1) is 11.3 Å². The van der Waals surface area contributed by atoms with E-state index in [0.29, 0.717) is 35.4 Å². The lowest BCUT2D eigenvalue weighted by Gasteiger charge is -2.06. The van der Waals surface area contributed by atoms with Crippen LogP contribution in [0.25, 0.3) is 5.65 Å². The Morgan fingerprint density at radius 3 is 3.00 bits per heavy atom. The molecule has 0 bridgehead atoms. The fourth-order valence-electron chi connectivity index (χ4n) is 1.85. The molecule has 6 heteroatoms. The van der Waals surface area contributed by atoms with Crippen LogP contribution in [0.2, 0.25) is 0 Å². The van der Waals surface area contributed by atoms with Crippen LogP contribution in [-0.4, -0.2) is 21.6 Å². The van der Waals surface area contributed by atoms with Crippen molar-refractivity contribution >= 4 is 5.65 Å². The number of hydrogen-bond donors (Lipinski definition) is 2. The van der Waals surface area contributed by atoms with E-state index in [1.165, 1.54) is 10.7 Å². The number of fused-ring (bicyclic) bond motifs is 1. The number of nitrogens with zero attached hydrogens (tertiary/aromatic N) is 3. The van der Waals surface area contributed by atoms with Crippen molar-refractivity contribution in [2.75, 3.05) is 7.05 Å². The average Bonchev–Trinajstić information content (AvgIpc) is 2.73. The van der Waals surface area contributed by atoms with Crippen molar-refractivity contribution in [2.24, 2.45) is 0 Å². The summed E-state index contributed by atoms with van der Waals surface area (Å²) in [6, 6.07) is 2.01. The number of hydrogen-bond acceptors (Lipinski definition) is 4. The molecule has 0 saturated heterocycles. The highest BCUT2D eigenvalue weighted by Gasteiger charge is 2.13. The van der Waals surface area contributed by atoms with Crippen LogP contribution >= 0.6 is 0 Å². The lowest BCUT2D eigenvalue weighted by molar-refractivity contribution is 0.755. The number of nitrogens with one attached hydrogen (secondary N) is 2. The molecular formula is C11H13N5O. The molecule has 0 unspecified atom stereocenters. The van der Waals surface area contributed by atoms with E-state index in [1.54, 1.807) is 7.05 Å². The van der Waals surface area contributed by atoms with E-state index in [-0.39, 0.29) is 5.56 Å². The Kier molecular flexibility index (Phi) is 2.93. The second-order valence-electron chi connectivity index (χ2n) is 3.68. The summed E-state index contributed by atoms with van der Waals surface area (Å²) >= 11 is 0. The van der Waals surface area contributed by atoms with Crippen molar-refractivity contribution < 1.29 is 0 Å². The molecule has 88 valence electrons. The van der Waals surface area contributed by atoms with Gasteiger partial charge in [0.15, 0.2) is 5.65 Å². The molecule has 0 aliphatic carbocycles. The first-order valence-electron chi connectivity index (χ1n) is 5.39. The van der Waals surface area contributed by atoms with Gasteiger partial charge in [-0.1, -0.05) is 6.92 Å². The summed E-state index contributed by atoms with van der Waals surface area (Å²) in [6.45, 7) is 2.43. The Morgan fingerprint density at radius 1 is 1.65 bits per heavy atom. The SMILES string of the molecule is CCc1c(CNC)nc2c(C#N)c[nH]n2c1=O. The van der Waals surface area contributed by atoms with Crippen LogP contribution in [0.3, 0.4) is 0 Å². The fraction of sp³-hybridized carbons (Fsp3) is 0.364. The van der Waals surface area contributed by atoms with Crippen molar-refractivity contribution in [3.05, 3.63) is 33.4 Å². The first-order chi connectivity index (χ1) is 8.22. The van der Waals surface area contributed by atoms with Gasteiger partial charge < -0.3 is 5.32 Å². The highest BCUT2D eigenvalue weighted by Crippen LogP contribution is 2.08. The summed E-state index contributed by atoms with van der Waals surface area (Å²) in [5, 5.41) is 14.6. The van der Waals surface area contributed by atoms with E-state index in [2.05, 4.69) is 15.4 Å². The van der Waals surface area contributed by atoms with Gasteiger partial charge in [0.25, 0.3) is 5.56 Å². The van der Waals surface area contributed by atoms with Gasteiger partial charge in [-0.3, -0.25) is 9.89 Å². The van der Waals surface area contributed by atoms with Gasteiger partial charge >= 0.3 is 0 Å². The zero-order valence-corrected chi connectivity index (χ0v) is 9.74. The van der Waals surface area contributed by atoms with Crippen LogP contribution in [0.5, 0.6) is 0 Å². The number of aromatic nitrogens is 3. The topological polar surface area (TPSA) is 86.0 Å². The van der Waals surface area contributed by atoms with Gasteiger partial charge in [-0.25, -0.2) is 9.50 Å². The summed E-state index contributed by atoms with van der Waals surface area (Å²) < 4.78 is 1.32. The Labute approximate surface area is 97.9 Å². The number of nitriles is 1. The Hall–Kier alpha value is -2.13. The Bertz CT molecular complexity index is 646. The van der Waals surface area contributed by atoms with Crippen molar-refractivity contribution in [3.63, 3.8) is 0 Å². The van der Waals surface area contributed by atoms with Crippen LogP contribution < -0.4 is 10.9 Å². The second kappa shape index (κ2) is 4.39. The molecule has 0 aliphatic rings. The molecule has 6 nitrogen and oxygen atoms in total. The van der Waals surface area contributed by atoms with Crippen LogP contribution in [0.15, 0.2) is 11.0 Å². The maximum atomic E-state index is 12.1. The standard InChI is InChI=1S/C11H13N5O/c1-3-8-9(6-13-2)15-10-7(4-12)5-14-16(10)11(8)17/h5,13-14H,3,6H2,1-2H3. The van der Waals surface area contributed by atoms with Crippen molar-refractivity contribution in [1.82, 2.24) is 19.9 Å². The molecule has 17 heavy (non-hydrogen) atoms. The van der Waals surface area contributed by atoms with Crippen LogP contribution in [0.4, 0.5) is 0 Å². The van der Waals surface area contributed by atoms with Crippen molar-refractivity contribution in [1.29, 1.82) is 5.26 Å². The minimum absolute atomic E-state index is 0.135. The first-order valence-corrected chi connectivity index (χ1v) is 5.39. The third-order valence-corrected chi connectivity index (χ3v) is 2.66. The zero-order chi connectivity index (χ0) is 12.4. The summed E-state index contributed by atoms with van der Waals surface area (Å²) in [5.41, 5.74) is 2.01. The van der Waals surface area contributed by atoms with E-state index >= 15 is 0 Å². The number of rotatable bonds is 3. The van der Waals surface area contributed by atoms with E-state index in [0.717, 1.165) is 0 Å². The molecule has 2 aromatic rings. The minimum atomic E-state index is -0.135. The molecule has 0 aromatic carbocycles. The molecule has 0 amide bonds. The number of H-pyrrole nitrogens is 1. The first kappa shape index (κ1) is 11.4. The lowest BCUT2D eigenvalue weighted by Crippen LogP contribution is -2.24. The van der Waals surface area contributed by atoms with Gasteiger partial charge in [0.2, 0.25) is 0 Å². The second-order valence-corrected chi connectivity index (χ2v) is 3.68. The van der Waals surface area contributed by atoms with Crippen molar-refractivity contribution in [3.8, 4) is 6.07 Å². The molecule has 2 N–H and O–H groups in total. The Balaban J connectivity index is 2.81. The monoisotopic (exact) mass is 231 g/mol. The van der Waals surface area contributed by atoms with Gasteiger partial charge in [0, 0.05) is 18.3 Å². The van der Waals surface area contributed by atoms with Crippen LogP contribution in [0.1, 0.15) is 23.7 Å².